The molecule has 0 radical (unpaired) electrons. The van der Waals surface area contributed by atoms with Gasteiger partial charge in [-0.2, -0.15) is 4.98 Å². The van der Waals surface area contributed by atoms with Crippen molar-refractivity contribution in [2.24, 2.45) is 5.84 Å². The fraction of sp³-hybridized carbons (Fsp3) is 0.167. The molecule has 0 atom stereocenters. The standard InChI is InChI=1S/C12H14ClN5O/c1-7-5-8(19-2)3-4-10(7)16-11-9(13)6-15-12(17-11)18-14/h3-6H,14H2,1-2H3,(H2,15,16,17,18). The molecule has 0 unspecified atom stereocenters. The number of halogens is 1. The van der Waals surface area contributed by atoms with Gasteiger partial charge in [0.2, 0.25) is 5.95 Å². The normalized spacial score (nSPS) is 10.1. The number of hydrazine groups is 1. The summed E-state index contributed by atoms with van der Waals surface area (Å²) in [5.41, 5.74) is 4.26. The number of nitrogens with two attached hydrogens (primary N) is 1. The second kappa shape index (κ2) is 5.73. The molecule has 6 nitrogen and oxygen atoms in total. The number of ether oxygens (including phenoxy) is 1. The zero-order valence-electron chi connectivity index (χ0n) is 10.6. The molecule has 2 aromatic rings. The first kappa shape index (κ1) is 13.4. The molecule has 1 heterocycles. The van der Waals surface area contributed by atoms with Crippen LogP contribution in [0, 0.1) is 6.92 Å². The van der Waals surface area contributed by atoms with E-state index in [1.165, 1.54) is 6.20 Å². The summed E-state index contributed by atoms with van der Waals surface area (Å²) >= 11 is 6.03. The number of nitrogens with zero attached hydrogens (tertiary/aromatic N) is 2. The zero-order valence-corrected chi connectivity index (χ0v) is 11.3. The Morgan fingerprint density at radius 1 is 1.37 bits per heavy atom. The van der Waals surface area contributed by atoms with E-state index in [2.05, 4.69) is 20.7 Å². The second-order valence-corrected chi connectivity index (χ2v) is 4.25. The van der Waals surface area contributed by atoms with Gasteiger partial charge in [0.1, 0.15) is 10.8 Å². The van der Waals surface area contributed by atoms with Crippen molar-refractivity contribution in [1.29, 1.82) is 0 Å². The SMILES string of the molecule is COc1ccc(Nc2nc(NN)ncc2Cl)c(C)c1. The number of nitrogen functional groups attached to an aromatic ring is 1. The first-order valence-corrected chi connectivity index (χ1v) is 5.92. The molecule has 7 heteroatoms. The number of hydrogen-bond donors (Lipinski definition) is 3. The van der Waals surface area contributed by atoms with Crippen LogP contribution in [0.3, 0.4) is 0 Å². The summed E-state index contributed by atoms with van der Waals surface area (Å²) in [5, 5.41) is 3.54. The summed E-state index contributed by atoms with van der Waals surface area (Å²) in [6.07, 6.45) is 1.48. The van der Waals surface area contributed by atoms with Crippen LogP contribution in [0.1, 0.15) is 5.56 Å². The topological polar surface area (TPSA) is 85.1 Å². The molecule has 4 N–H and O–H groups in total. The van der Waals surface area contributed by atoms with E-state index in [0.29, 0.717) is 10.8 Å². The Balaban J connectivity index is 2.30. The van der Waals surface area contributed by atoms with Gasteiger partial charge in [0.15, 0.2) is 5.82 Å². The quantitative estimate of drug-likeness (QED) is 0.589. The number of aromatic nitrogens is 2. The van der Waals surface area contributed by atoms with Crippen molar-refractivity contribution in [3.8, 4) is 5.75 Å². The van der Waals surface area contributed by atoms with Gasteiger partial charge in [-0.15, -0.1) is 0 Å². The molecule has 0 amide bonds. The molecule has 2 rings (SSSR count). The third-order valence-corrected chi connectivity index (χ3v) is 2.84. The molecule has 0 aliphatic heterocycles. The van der Waals surface area contributed by atoms with Gasteiger partial charge in [-0.1, -0.05) is 11.6 Å². The van der Waals surface area contributed by atoms with E-state index < -0.39 is 0 Å². The smallest absolute Gasteiger partial charge is 0.239 e. The Kier molecular flexibility index (Phi) is 4.03. The van der Waals surface area contributed by atoms with Gasteiger partial charge in [-0.25, -0.2) is 10.8 Å². The minimum atomic E-state index is 0.290. The van der Waals surface area contributed by atoms with Crippen molar-refractivity contribution in [3.05, 3.63) is 35.0 Å². The monoisotopic (exact) mass is 279 g/mol. The van der Waals surface area contributed by atoms with E-state index in [-0.39, 0.29) is 5.95 Å². The Labute approximate surface area is 115 Å². The highest BCUT2D eigenvalue weighted by Gasteiger charge is 2.07. The average Bonchev–Trinajstić information content (AvgIpc) is 2.43. The first-order chi connectivity index (χ1) is 9.13. The second-order valence-electron chi connectivity index (χ2n) is 3.84. The third-order valence-electron chi connectivity index (χ3n) is 2.56. The van der Waals surface area contributed by atoms with Gasteiger partial charge < -0.3 is 10.1 Å². The van der Waals surface area contributed by atoms with E-state index in [9.17, 15) is 0 Å². The van der Waals surface area contributed by atoms with Gasteiger partial charge in [-0.05, 0) is 30.7 Å². The lowest BCUT2D eigenvalue weighted by molar-refractivity contribution is 0.414. The summed E-state index contributed by atoms with van der Waals surface area (Å²) in [6.45, 7) is 1.96. The molecular formula is C12H14ClN5O. The van der Waals surface area contributed by atoms with Crippen LogP contribution in [0.2, 0.25) is 5.02 Å². The molecule has 100 valence electrons. The fourth-order valence-electron chi connectivity index (χ4n) is 1.56. The molecule has 0 spiro atoms. The number of hydrogen-bond acceptors (Lipinski definition) is 6. The highest BCUT2D eigenvalue weighted by atomic mass is 35.5. The molecule has 0 saturated carbocycles. The molecule has 0 aliphatic carbocycles. The number of nitrogens with one attached hydrogen (secondary N) is 2. The van der Waals surface area contributed by atoms with Crippen molar-refractivity contribution in [2.75, 3.05) is 17.9 Å². The lowest BCUT2D eigenvalue weighted by Crippen LogP contribution is -2.11. The molecular weight excluding hydrogens is 266 g/mol. The minimum absolute atomic E-state index is 0.290. The van der Waals surface area contributed by atoms with E-state index in [4.69, 9.17) is 22.2 Å². The van der Waals surface area contributed by atoms with E-state index >= 15 is 0 Å². The Morgan fingerprint density at radius 2 is 2.16 bits per heavy atom. The number of anilines is 3. The predicted molar refractivity (Wildman–Crippen MR) is 75.9 cm³/mol. The summed E-state index contributed by atoms with van der Waals surface area (Å²) in [5.74, 6) is 6.83. The van der Waals surface area contributed by atoms with E-state index in [1.807, 2.05) is 25.1 Å². The molecule has 19 heavy (non-hydrogen) atoms. The number of aryl methyl sites for hydroxylation is 1. The summed E-state index contributed by atoms with van der Waals surface area (Å²) in [4.78, 5) is 8.06. The van der Waals surface area contributed by atoms with Crippen LogP contribution in [0.4, 0.5) is 17.5 Å². The summed E-state index contributed by atoms with van der Waals surface area (Å²) in [7, 11) is 1.63. The molecule has 0 bridgehead atoms. The molecule has 1 aromatic heterocycles. The maximum atomic E-state index is 6.03. The van der Waals surface area contributed by atoms with Crippen LogP contribution < -0.4 is 21.3 Å². The largest absolute Gasteiger partial charge is 0.497 e. The van der Waals surface area contributed by atoms with E-state index in [1.54, 1.807) is 7.11 Å². The van der Waals surface area contributed by atoms with Gasteiger partial charge in [-0.3, -0.25) is 5.43 Å². The predicted octanol–water partition coefficient (Wildman–Crippen LogP) is 2.48. The Hall–Kier alpha value is -2.05. The number of rotatable bonds is 4. The van der Waals surface area contributed by atoms with Crippen molar-refractivity contribution in [1.82, 2.24) is 9.97 Å². The van der Waals surface area contributed by atoms with Gasteiger partial charge in [0.25, 0.3) is 0 Å². The third kappa shape index (κ3) is 3.04. The Morgan fingerprint density at radius 3 is 2.79 bits per heavy atom. The van der Waals surface area contributed by atoms with Crippen LogP contribution >= 0.6 is 11.6 Å². The fourth-order valence-corrected chi connectivity index (χ4v) is 1.69. The summed E-state index contributed by atoms with van der Waals surface area (Å²) in [6, 6.07) is 5.66. The van der Waals surface area contributed by atoms with Crippen LogP contribution in [-0.2, 0) is 0 Å². The van der Waals surface area contributed by atoms with Gasteiger partial charge in [0, 0.05) is 5.69 Å². The lowest BCUT2D eigenvalue weighted by Gasteiger charge is -2.12. The first-order valence-electron chi connectivity index (χ1n) is 5.55. The van der Waals surface area contributed by atoms with Crippen molar-refractivity contribution >= 4 is 29.1 Å². The molecule has 0 aliphatic rings. The van der Waals surface area contributed by atoms with Crippen LogP contribution in [0.25, 0.3) is 0 Å². The minimum Gasteiger partial charge on any atom is -0.497 e. The highest BCUT2D eigenvalue weighted by Crippen LogP contribution is 2.27. The van der Waals surface area contributed by atoms with Gasteiger partial charge >= 0.3 is 0 Å². The van der Waals surface area contributed by atoms with Crippen LogP contribution in [0.15, 0.2) is 24.4 Å². The van der Waals surface area contributed by atoms with Crippen molar-refractivity contribution < 1.29 is 4.74 Å². The maximum Gasteiger partial charge on any atom is 0.239 e. The molecule has 0 fully saturated rings. The number of methoxy groups -OCH3 is 1. The van der Waals surface area contributed by atoms with Crippen molar-refractivity contribution in [2.45, 2.75) is 6.92 Å². The summed E-state index contributed by atoms with van der Waals surface area (Å²) < 4.78 is 5.15. The van der Waals surface area contributed by atoms with Crippen LogP contribution in [-0.4, -0.2) is 17.1 Å². The molecule has 0 saturated heterocycles. The number of benzene rings is 1. The lowest BCUT2D eigenvalue weighted by atomic mass is 10.2. The molecule has 1 aromatic carbocycles. The highest BCUT2D eigenvalue weighted by molar-refractivity contribution is 6.32. The van der Waals surface area contributed by atoms with Gasteiger partial charge in [0.05, 0.1) is 13.3 Å². The zero-order chi connectivity index (χ0) is 13.8. The maximum absolute atomic E-state index is 6.03. The van der Waals surface area contributed by atoms with Crippen LogP contribution in [0.5, 0.6) is 5.75 Å². The van der Waals surface area contributed by atoms with E-state index in [0.717, 1.165) is 17.0 Å². The Bertz CT molecular complexity index is 590. The van der Waals surface area contributed by atoms with Crippen molar-refractivity contribution in [3.63, 3.8) is 0 Å². The average molecular weight is 280 g/mol.